The van der Waals surface area contributed by atoms with E-state index in [2.05, 4.69) is 39.1 Å². The molecule has 7 heteroatoms. The number of hydrogen-bond acceptors (Lipinski definition) is 5. The number of thiophene rings is 1. The van der Waals surface area contributed by atoms with E-state index < -0.39 is 0 Å². The number of carbonyl (C=O) groups is 1. The fourth-order valence-electron chi connectivity index (χ4n) is 4.36. The quantitative estimate of drug-likeness (QED) is 0.912. The van der Waals surface area contributed by atoms with Crippen molar-refractivity contribution in [1.29, 1.82) is 0 Å². The van der Waals surface area contributed by atoms with Crippen molar-refractivity contribution < 1.29 is 4.79 Å². The van der Waals surface area contributed by atoms with E-state index in [0.717, 1.165) is 50.8 Å². The molecule has 0 unspecified atom stereocenters. The molecule has 0 bridgehead atoms. The number of hydrogen-bond donors (Lipinski definition) is 1. The number of amides is 1. The number of H-pyrrole nitrogens is 1. The number of rotatable bonds is 3. The van der Waals surface area contributed by atoms with Gasteiger partial charge in [0.1, 0.15) is 5.82 Å². The van der Waals surface area contributed by atoms with Crippen molar-refractivity contribution in [3.05, 3.63) is 33.5 Å². The molecule has 2 aromatic rings. The first kappa shape index (κ1) is 16.7. The Labute approximate surface area is 152 Å². The summed E-state index contributed by atoms with van der Waals surface area (Å²) in [5, 5.41) is 7.48. The van der Waals surface area contributed by atoms with Crippen molar-refractivity contribution in [2.24, 2.45) is 5.92 Å². The van der Waals surface area contributed by atoms with E-state index in [1.54, 1.807) is 6.92 Å². The van der Waals surface area contributed by atoms with Crippen LogP contribution in [0.4, 0.5) is 0 Å². The number of fused-ring (bicyclic) bond motifs is 1. The zero-order valence-electron chi connectivity index (χ0n) is 15.1. The minimum absolute atomic E-state index is 0.0989. The van der Waals surface area contributed by atoms with Gasteiger partial charge >= 0.3 is 0 Å². The van der Waals surface area contributed by atoms with Crippen molar-refractivity contribution in [2.75, 3.05) is 26.2 Å². The highest BCUT2D eigenvalue weighted by atomic mass is 32.1. The smallest absolute Gasteiger partial charge is 0.219 e. The van der Waals surface area contributed by atoms with Crippen LogP contribution in [0.1, 0.15) is 34.7 Å². The molecule has 2 aliphatic rings. The predicted octanol–water partition coefficient (Wildman–Crippen LogP) is 2.11. The largest absolute Gasteiger partial charge is 0.342 e. The lowest BCUT2D eigenvalue weighted by atomic mass is 9.72. The molecular weight excluding hydrogens is 334 g/mol. The van der Waals surface area contributed by atoms with Crippen molar-refractivity contribution in [2.45, 2.75) is 39.2 Å². The molecule has 2 aliphatic heterocycles. The molecule has 0 aromatic carbocycles. The Morgan fingerprint density at radius 3 is 2.88 bits per heavy atom. The SMILES string of the molecule is CC(=O)N1C[C@H]2CN(Cc3ccc(C)s3)CC[C@@]2(c2n[nH]c(C)n2)C1. The van der Waals surface area contributed by atoms with E-state index >= 15 is 0 Å². The average Bonchev–Trinajstić information content (AvgIpc) is 3.26. The van der Waals surface area contributed by atoms with Crippen LogP contribution in [-0.2, 0) is 16.8 Å². The van der Waals surface area contributed by atoms with Crippen LogP contribution < -0.4 is 0 Å². The molecule has 1 N–H and O–H groups in total. The van der Waals surface area contributed by atoms with Crippen molar-refractivity contribution in [3.63, 3.8) is 0 Å². The van der Waals surface area contributed by atoms with Crippen LogP contribution in [0.5, 0.6) is 0 Å². The van der Waals surface area contributed by atoms with Gasteiger partial charge in [-0.15, -0.1) is 11.3 Å². The fourth-order valence-corrected chi connectivity index (χ4v) is 5.29. The van der Waals surface area contributed by atoms with Gasteiger partial charge in [-0.2, -0.15) is 5.10 Å². The van der Waals surface area contributed by atoms with Gasteiger partial charge in [0.15, 0.2) is 5.82 Å². The van der Waals surface area contributed by atoms with Crippen LogP contribution in [0, 0.1) is 19.8 Å². The second-order valence-corrected chi connectivity index (χ2v) is 8.87. The Kier molecular flexibility index (Phi) is 4.16. The summed E-state index contributed by atoms with van der Waals surface area (Å²) < 4.78 is 0. The van der Waals surface area contributed by atoms with Gasteiger partial charge in [-0.1, -0.05) is 0 Å². The lowest BCUT2D eigenvalue weighted by Gasteiger charge is -2.41. The van der Waals surface area contributed by atoms with Crippen LogP contribution in [0.2, 0.25) is 0 Å². The van der Waals surface area contributed by atoms with Gasteiger partial charge in [-0.05, 0) is 38.9 Å². The van der Waals surface area contributed by atoms with Gasteiger partial charge < -0.3 is 4.90 Å². The summed E-state index contributed by atoms with van der Waals surface area (Å²) in [5.74, 6) is 2.29. The average molecular weight is 359 g/mol. The van der Waals surface area contributed by atoms with Gasteiger partial charge in [0.05, 0.1) is 5.41 Å². The molecule has 0 spiro atoms. The number of nitrogens with zero attached hydrogens (tertiary/aromatic N) is 4. The Hall–Kier alpha value is -1.73. The topological polar surface area (TPSA) is 65.1 Å². The van der Waals surface area contributed by atoms with Crippen molar-refractivity contribution >= 4 is 17.2 Å². The first-order chi connectivity index (χ1) is 12.0. The number of aromatic amines is 1. The number of aromatic nitrogens is 3. The summed E-state index contributed by atoms with van der Waals surface area (Å²) in [6.07, 6.45) is 1.00. The third-order valence-electron chi connectivity index (χ3n) is 5.71. The zero-order chi connectivity index (χ0) is 17.6. The second-order valence-electron chi connectivity index (χ2n) is 7.49. The molecular formula is C18H25N5OS. The zero-order valence-corrected chi connectivity index (χ0v) is 15.9. The standard InChI is InChI=1S/C18H25N5OS/c1-12-4-5-16(25-12)10-22-7-6-18(17-19-13(2)20-21-17)11-23(14(3)24)9-15(18)8-22/h4-5,15H,6-11H2,1-3H3,(H,19,20,21)/t15-,18-/m1/s1. The first-order valence-corrected chi connectivity index (χ1v) is 9.70. The predicted molar refractivity (Wildman–Crippen MR) is 97.5 cm³/mol. The van der Waals surface area contributed by atoms with E-state index in [1.807, 2.05) is 23.2 Å². The van der Waals surface area contributed by atoms with Gasteiger partial charge in [0.2, 0.25) is 5.91 Å². The summed E-state index contributed by atoms with van der Waals surface area (Å²) >= 11 is 1.88. The third-order valence-corrected chi connectivity index (χ3v) is 6.70. The summed E-state index contributed by atoms with van der Waals surface area (Å²) in [6, 6.07) is 4.43. The van der Waals surface area contributed by atoms with Crippen molar-refractivity contribution in [3.8, 4) is 0 Å². The highest BCUT2D eigenvalue weighted by Gasteiger charge is 2.53. The Bertz CT molecular complexity index is 784. The number of piperidine rings is 1. The van der Waals surface area contributed by atoms with E-state index in [0.29, 0.717) is 5.92 Å². The molecule has 4 rings (SSSR count). The van der Waals surface area contributed by atoms with Gasteiger partial charge in [-0.3, -0.25) is 14.8 Å². The summed E-state index contributed by atoms with van der Waals surface area (Å²) in [7, 11) is 0. The molecule has 1 amide bonds. The summed E-state index contributed by atoms with van der Waals surface area (Å²) in [5.41, 5.74) is -0.0989. The lowest BCUT2D eigenvalue weighted by molar-refractivity contribution is -0.128. The Balaban J connectivity index is 1.57. The van der Waals surface area contributed by atoms with Crippen LogP contribution in [-0.4, -0.2) is 57.1 Å². The summed E-state index contributed by atoms with van der Waals surface area (Å²) in [4.78, 5) is 23.9. The second kappa shape index (κ2) is 6.21. The molecule has 2 atom stereocenters. The van der Waals surface area contributed by atoms with Gasteiger partial charge in [0, 0.05) is 48.8 Å². The highest BCUT2D eigenvalue weighted by Crippen LogP contribution is 2.44. The summed E-state index contributed by atoms with van der Waals surface area (Å²) in [6.45, 7) is 10.3. The molecule has 2 fully saturated rings. The van der Waals surface area contributed by atoms with Crippen LogP contribution in [0.15, 0.2) is 12.1 Å². The van der Waals surface area contributed by atoms with Gasteiger partial charge in [0.25, 0.3) is 0 Å². The van der Waals surface area contributed by atoms with E-state index in [1.165, 1.54) is 9.75 Å². The number of aryl methyl sites for hydroxylation is 2. The van der Waals surface area contributed by atoms with Crippen LogP contribution in [0.3, 0.4) is 0 Å². The maximum Gasteiger partial charge on any atom is 0.219 e. The fraction of sp³-hybridized carbons (Fsp3) is 0.611. The lowest BCUT2D eigenvalue weighted by Crippen LogP contribution is -2.49. The Morgan fingerprint density at radius 2 is 2.24 bits per heavy atom. The first-order valence-electron chi connectivity index (χ1n) is 8.89. The molecule has 2 aromatic heterocycles. The molecule has 6 nitrogen and oxygen atoms in total. The molecule has 134 valence electrons. The monoisotopic (exact) mass is 359 g/mol. The van der Waals surface area contributed by atoms with Crippen molar-refractivity contribution in [1.82, 2.24) is 25.0 Å². The van der Waals surface area contributed by atoms with E-state index in [9.17, 15) is 4.79 Å². The number of likely N-dealkylation sites (tertiary alicyclic amines) is 2. The molecule has 2 saturated heterocycles. The molecule has 25 heavy (non-hydrogen) atoms. The Morgan fingerprint density at radius 1 is 1.40 bits per heavy atom. The number of carbonyl (C=O) groups excluding carboxylic acids is 1. The van der Waals surface area contributed by atoms with Crippen LogP contribution in [0.25, 0.3) is 0 Å². The maximum absolute atomic E-state index is 12.0. The maximum atomic E-state index is 12.0. The normalized spacial score (nSPS) is 26.8. The highest BCUT2D eigenvalue weighted by molar-refractivity contribution is 7.11. The third kappa shape index (κ3) is 3.00. The minimum Gasteiger partial charge on any atom is -0.342 e. The van der Waals surface area contributed by atoms with Gasteiger partial charge in [-0.25, -0.2) is 4.98 Å². The molecule has 4 heterocycles. The molecule has 0 radical (unpaired) electrons. The van der Waals surface area contributed by atoms with Crippen LogP contribution >= 0.6 is 11.3 Å². The molecule has 0 saturated carbocycles. The minimum atomic E-state index is -0.0989. The van der Waals surface area contributed by atoms with E-state index in [4.69, 9.17) is 0 Å². The number of nitrogens with one attached hydrogen (secondary N) is 1. The van der Waals surface area contributed by atoms with E-state index in [-0.39, 0.29) is 11.3 Å². The molecule has 0 aliphatic carbocycles.